The van der Waals surface area contributed by atoms with Gasteiger partial charge >= 0.3 is 0 Å². The molecular weight excluding hydrogens is 555 g/mol. The van der Waals surface area contributed by atoms with Crippen molar-refractivity contribution in [1.82, 2.24) is 10.6 Å². The van der Waals surface area contributed by atoms with Gasteiger partial charge in [-0.2, -0.15) is 0 Å². The summed E-state index contributed by atoms with van der Waals surface area (Å²) >= 11 is 11.2. The third-order valence-electron chi connectivity index (χ3n) is 5.38. The molecule has 0 saturated heterocycles. The van der Waals surface area contributed by atoms with Crippen molar-refractivity contribution < 1.29 is 36.9 Å². The maximum absolute atomic E-state index is 12.1. The number of rotatable bonds is 12. The van der Waals surface area contributed by atoms with E-state index in [9.17, 15) is 36.9 Å². The average Bonchev–Trinajstić information content (AvgIpc) is 2.81. The lowest BCUT2D eigenvalue weighted by Crippen LogP contribution is -2.51. The SMILES string of the molecule is CS(=O)(=O)c1ccc(C(O)C(CO)NCC(NC(=O)C(Cl)Cl)C(O)c2ccc(S(C)(=O)=O)cc2)cc1. The number of nitrogens with one attached hydrogen (secondary N) is 2. The highest BCUT2D eigenvalue weighted by molar-refractivity contribution is 7.91. The molecule has 0 aliphatic rings. The smallest absolute Gasteiger partial charge is 0.253 e. The molecule has 0 aliphatic carbocycles. The van der Waals surface area contributed by atoms with Crippen LogP contribution in [-0.2, 0) is 24.5 Å². The van der Waals surface area contributed by atoms with E-state index in [4.69, 9.17) is 23.2 Å². The first kappa shape index (κ1) is 30.5. The van der Waals surface area contributed by atoms with Gasteiger partial charge < -0.3 is 26.0 Å². The molecule has 0 radical (unpaired) electrons. The van der Waals surface area contributed by atoms with Crippen molar-refractivity contribution in [2.24, 2.45) is 0 Å². The topological polar surface area (TPSA) is 170 Å². The summed E-state index contributed by atoms with van der Waals surface area (Å²) in [5.74, 6) is -0.797. The van der Waals surface area contributed by atoms with Gasteiger partial charge in [-0.3, -0.25) is 4.79 Å². The van der Waals surface area contributed by atoms with Crippen LogP contribution in [0.25, 0.3) is 0 Å². The standard InChI is InChI=1S/C22H28Cl2N2O8S2/c1-35(31,32)15-7-3-13(4-8-15)19(28)17(26-22(30)21(23)24)11-25-18(12-27)20(29)14-5-9-16(10-6-14)36(2,33)34/h3-10,17-21,25,27-29H,11-12H2,1-2H3,(H,26,30). The number of aliphatic hydroxyl groups is 3. The first-order valence-corrected chi connectivity index (χ1v) is 15.2. The molecular formula is C22H28Cl2N2O8S2. The van der Waals surface area contributed by atoms with Crippen LogP contribution in [0, 0.1) is 0 Å². The molecule has 0 aromatic heterocycles. The van der Waals surface area contributed by atoms with E-state index >= 15 is 0 Å². The second-order valence-corrected chi connectivity index (χ2v) is 13.3. The van der Waals surface area contributed by atoms with Gasteiger partial charge in [0.25, 0.3) is 5.91 Å². The fourth-order valence-electron chi connectivity index (χ4n) is 3.33. The highest BCUT2D eigenvalue weighted by Crippen LogP contribution is 2.22. The van der Waals surface area contributed by atoms with Crippen LogP contribution in [0.5, 0.6) is 0 Å². The zero-order valence-electron chi connectivity index (χ0n) is 19.4. The fraction of sp³-hybridized carbons (Fsp3) is 0.409. The Morgan fingerprint density at radius 2 is 1.19 bits per heavy atom. The van der Waals surface area contributed by atoms with Gasteiger partial charge in [-0.15, -0.1) is 0 Å². The van der Waals surface area contributed by atoms with Crippen LogP contribution in [0.2, 0.25) is 0 Å². The first-order chi connectivity index (χ1) is 16.6. The predicted octanol–water partition coefficient (Wildman–Crippen LogP) is 0.500. The summed E-state index contributed by atoms with van der Waals surface area (Å²) < 4.78 is 46.7. The van der Waals surface area contributed by atoms with Crippen LogP contribution in [0.1, 0.15) is 23.3 Å². The van der Waals surface area contributed by atoms with Gasteiger partial charge in [0.05, 0.1) is 34.6 Å². The number of carbonyl (C=O) groups is 1. The molecule has 0 saturated carbocycles. The summed E-state index contributed by atoms with van der Waals surface area (Å²) in [5, 5.41) is 36.7. The Balaban J connectivity index is 2.22. The van der Waals surface area contributed by atoms with Gasteiger partial charge in [0.2, 0.25) is 0 Å². The van der Waals surface area contributed by atoms with Gasteiger partial charge in [0.15, 0.2) is 24.5 Å². The van der Waals surface area contributed by atoms with Crippen LogP contribution < -0.4 is 10.6 Å². The van der Waals surface area contributed by atoms with Crippen molar-refractivity contribution in [2.45, 2.75) is 38.9 Å². The van der Waals surface area contributed by atoms with Crippen LogP contribution >= 0.6 is 23.2 Å². The molecule has 0 spiro atoms. The molecule has 1 amide bonds. The Morgan fingerprint density at radius 1 is 0.806 bits per heavy atom. The Morgan fingerprint density at radius 3 is 1.53 bits per heavy atom. The van der Waals surface area contributed by atoms with Crippen LogP contribution in [0.4, 0.5) is 0 Å². The van der Waals surface area contributed by atoms with E-state index < -0.39 is 61.3 Å². The first-order valence-electron chi connectivity index (χ1n) is 10.5. The molecule has 14 heteroatoms. The summed E-state index contributed by atoms with van der Waals surface area (Å²) in [6.45, 7) is -0.701. The molecule has 2 aromatic rings. The number of halogens is 2. The third kappa shape index (κ3) is 8.38. The Bertz CT molecular complexity index is 1240. The van der Waals surface area contributed by atoms with Crippen LogP contribution in [-0.4, -0.2) is 80.6 Å². The lowest BCUT2D eigenvalue weighted by atomic mass is 10.00. The number of carbonyl (C=O) groups excluding carboxylic acids is 1. The molecule has 5 N–H and O–H groups in total. The molecule has 0 bridgehead atoms. The molecule has 0 heterocycles. The normalized spacial score (nSPS) is 15.8. The maximum atomic E-state index is 12.1. The van der Waals surface area contributed by atoms with Gasteiger partial charge in [-0.25, -0.2) is 16.8 Å². The van der Waals surface area contributed by atoms with Gasteiger partial charge in [0, 0.05) is 19.1 Å². The van der Waals surface area contributed by atoms with Crippen molar-refractivity contribution >= 4 is 48.8 Å². The molecule has 200 valence electrons. The molecule has 4 atom stereocenters. The highest BCUT2D eigenvalue weighted by Gasteiger charge is 2.28. The quantitative estimate of drug-likeness (QED) is 0.223. The molecule has 2 rings (SSSR count). The van der Waals surface area contributed by atoms with Gasteiger partial charge in [0.1, 0.15) is 6.10 Å². The second-order valence-electron chi connectivity index (χ2n) is 8.19. The van der Waals surface area contributed by atoms with E-state index in [1.54, 1.807) is 0 Å². The second kappa shape index (κ2) is 12.7. The number of amides is 1. The number of hydrogen-bond acceptors (Lipinski definition) is 9. The highest BCUT2D eigenvalue weighted by atomic mass is 35.5. The predicted molar refractivity (Wildman–Crippen MR) is 135 cm³/mol. The number of alkyl halides is 2. The van der Waals surface area contributed by atoms with E-state index in [0.29, 0.717) is 5.56 Å². The largest absolute Gasteiger partial charge is 0.395 e. The molecule has 2 aromatic carbocycles. The van der Waals surface area contributed by atoms with Crippen LogP contribution in [0.3, 0.4) is 0 Å². The summed E-state index contributed by atoms with van der Waals surface area (Å²) in [6.07, 6.45) is -0.508. The molecule has 0 fully saturated rings. The van der Waals surface area contributed by atoms with Crippen molar-refractivity contribution in [3.8, 4) is 0 Å². The summed E-state index contributed by atoms with van der Waals surface area (Å²) in [6, 6.07) is 8.88. The van der Waals surface area contributed by atoms with E-state index in [1.807, 2.05) is 0 Å². The molecule has 4 unspecified atom stereocenters. The minimum absolute atomic E-state index is 0.0455. The summed E-state index contributed by atoms with van der Waals surface area (Å²) in [4.78, 5) is 10.8. The van der Waals surface area contributed by atoms with Crippen molar-refractivity contribution in [3.05, 3.63) is 59.7 Å². The zero-order chi connectivity index (χ0) is 27.3. The number of hydrogen-bond donors (Lipinski definition) is 5. The maximum Gasteiger partial charge on any atom is 0.253 e. The minimum Gasteiger partial charge on any atom is -0.395 e. The lowest BCUT2D eigenvalue weighted by Gasteiger charge is -2.29. The Hall–Kier alpha value is -1.77. The minimum atomic E-state index is -3.46. The Kier molecular flexibility index (Phi) is 10.7. The third-order valence-corrected chi connectivity index (χ3v) is 8.04. The summed E-state index contributed by atoms with van der Waals surface area (Å²) in [5.41, 5.74) is 0.612. The Labute approximate surface area is 220 Å². The molecule has 10 nitrogen and oxygen atoms in total. The van der Waals surface area contributed by atoms with Gasteiger partial charge in [-0.1, -0.05) is 47.5 Å². The summed E-state index contributed by atoms with van der Waals surface area (Å²) in [7, 11) is -6.88. The monoisotopic (exact) mass is 582 g/mol. The molecule has 0 aliphatic heterocycles. The van der Waals surface area contributed by atoms with Crippen molar-refractivity contribution in [3.63, 3.8) is 0 Å². The van der Waals surface area contributed by atoms with E-state index in [-0.39, 0.29) is 21.9 Å². The fourth-order valence-corrected chi connectivity index (χ4v) is 4.72. The lowest BCUT2D eigenvalue weighted by molar-refractivity contribution is -0.121. The van der Waals surface area contributed by atoms with E-state index in [2.05, 4.69) is 10.6 Å². The van der Waals surface area contributed by atoms with Crippen LogP contribution in [0.15, 0.2) is 58.3 Å². The van der Waals surface area contributed by atoms with Crippen molar-refractivity contribution in [1.29, 1.82) is 0 Å². The van der Waals surface area contributed by atoms with E-state index in [1.165, 1.54) is 48.5 Å². The zero-order valence-corrected chi connectivity index (χ0v) is 22.5. The molecule has 36 heavy (non-hydrogen) atoms. The number of sulfone groups is 2. The van der Waals surface area contributed by atoms with Crippen molar-refractivity contribution in [2.75, 3.05) is 25.7 Å². The average molecular weight is 584 g/mol. The number of benzene rings is 2. The van der Waals surface area contributed by atoms with Gasteiger partial charge in [-0.05, 0) is 35.4 Å². The number of aliphatic hydroxyl groups excluding tert-OH is 3. The van der Waals surface area contributed by atoms with E-state index in [0.717, 1.165) is 12.5 Å².